The second kappa shape index (κ2) is 8.50. The zero-order valence-electron chi connectivity index (χ0n) is 17.8. The van der Waals surface area contributed by atoms with Gasteiger partial charge in [0.2, 0.25) is 0 Å². The molecule has 1 aromatic heterocycles. The Hall–Kier alpha value is -4.20. The van der Waals surface area contributed by atoms with E-state index in [9.17, 15) is 14.4 Å². The number of carbonyl (C=O) groups is 3. The largest absolute Gasteiger partial charge is 0.465 e. The lowest BCUT2D eigenvalue weighted by atomic mass is 10.1. The molecule has 0 fully saturated rings. The second-order valence-electron chi connectivity index (χ2n) is 7.29. The smallest absolute Gasteiger partial charge is 0.337 e. The first kappa shape index (κ1) is 21.0. The zero-order valence-corrected chi connectivity index (χ0v) is 17.8. The summed E-state index contributed by atoms with van der Waals surface area (Å²) in [6, 6.07) is 15.4. The van der Waals surface area contributed by atoms with E-state index < -0.39 is 18.1 Å². The van der Waals surface area contributed by atoms with Gasteiger partial charge in [-0.3, -0.25) is 9.69 Å². The zero-order chi connectivity index (χ0) is 22.8. The van der Waals surface area contributed by atoms with Gasteiger partial charge in [-0.15, -0.1) is 0 Å². The molecule has 2 heterocycles. The number of hydrogen-bond donors (Lipinski definition) is 1. The van der Waals surface area contributed by atoms with Crippen molar-refractivity contribution in [1.82, 2.24) is 4.98 Å². The van der Waals surface area contributed by atoms with Crippen molar-refractivity contribution >= 4 is 29.4 Å². The number of pyridine rings is 1. The molecule has 0 saturated heterocycles. The van der Waals surface area contributed by atoms with Crippen LogP contribution in [0.3, 0.4) is 0 Å². The maximum absolute atomic E-state index is 13.2. The number of ether oxygens (including phenoxy) is 2. The summed E-state index contributed by atoms with van der Waals surface area (Å²) >= 11 is 0. The molecule has 1 atom stereocenters. The molecule has 2 aromatic carbocycles. The van der Waals surface area contributed by atoms with Crippen molar-refractivity contribution in [2.45, 2.75) is 13.1 Å². The average molecular weight is 431 g/mol. The van der Waals surface area contributed by atoms with Crippen LogP contribution in [0.25, 0.3) is 0 Å². The van der Waals surface area contributed by atoms with Gasteiger partial charge in [0.25, 0.3) is 5.91 Å². The molecule has 1 amide bonds. The normalized spacial score (nSPS) is 14.7. The number of carbonyl (C=O) groups excluding carboxylic acids is 3. The Bertz CT molecular complexity index is 1170. The Kier molecular flexibility index (Phi) is 5.59. The highest BCUT2D eigenvalue weighted by Gasteiger charge is 2.38. The maximum atomic E-state index is 13.2. The van der Waals surface area contributed by atoms with Crippen molar-refractivity contribution in [3.05, 3.63) is 88.6 Å². The number of nitrogens with zero attached hydrogens (tertiary/aromatic N) is 2. The van der Waals surface area contributed by atoms with E-state index in [1.807, 2.05) is 25.1 Å². The molecule has 8 heteroatoms. The molecule has 1 aliphatic heterocycles. The third-order valence-corrected chi connectivity index (χ3v) is 5.18. The van der Waals surface area contributed by atoms with E-state index in [1.165, 1.54) is 20.3 Å². The van der Waals surface area contributed by atoms with Crippen molar-refractivity contribution in [2.75, 3.05) is 24.4 Å². The van der Waals surface area contributed by atoms with Gasteiger partial charge in [0.05, 0.1) is 25.3 Å². The minimum atomic E-state index is -0.604. The molecule has 0 bridgehead atoms. The number of anilines is 2. The van der Waals surface area contributed by atoms with Crippen LogP contribution in [0.5, 0.6) is 0 Å². The van der Waals surface area contributed by atoms with Gasteiger partial charge in [0.1, 0.15) is 12.0 Å². The molecule has 0 saturated carbocycles. The van der Waals surface area contributed by atoms with Crippen molar-refractivity contribution in [2.24, 2.45) is 0 Å². The molecule has 32 heavy (non-hydrogen) atoms. The molecule has 8 nitrogen and oxygen atoms in total. The van der Waals surface area contributed by atoms with Gasteiger partial charge in [0, 0.05) is 23.0 Å². The van der Waals surface area contributed by atoms with Crippen molar-refractivity contribution in [3.63, 3.8) is 0 Å². The van der Waals surface area contributed by atoms with E-state index in [0.29, 0.717) is 17.1 Å². The lowest BCUT2D eigenvalue weighted by Crippen LogP contribution is -2.33. The van der Waals surface area contributed by atoms with Gasteiger partial charge in [0.15, 0.2) is 0 Å². The Morgan fingerprint density at radius 1 is 0.969 bits per heavy atom. The molecule has 3 aromatic rings. The highest BCUT2D eigenvalue weighted by molar-refractivity contribution is 6.11. The van der Waals surface area contributed by atoms with E-state index in [0.717, 1.165) is 11.1 Å². The Labute approximate surface area is 184 Å². The molecule has 1 N–H and O–H groups in total. The third kappa shape index (κ3) is 3.78. The van der Waals surface area contributed by atoms with E-state index in [1.54, 1.807) is 41.4 Å². The van der Waals surface area contributed by atoms with Gasteiger partial charge in [-0.1, -0.05) is 24.3 Å². The number of hydrogen-bond acceptors (Lipinski definition) is 7. The van der Waals surface area contributed by atoms with E-state index in [2.05, 4.69) is 10.3 Å². The van der Waals surface area contributed by atoms with Gasteiger partial charge in [-0.2, -0.15) is 0 Å². The number of aromatic nitrogens is 1. The summed E-state index contributed by atoms with van der Waals surface area (Å²) in [6.45, 7) is 1.92. The number of amides is 1. The fraction of sp³-hybridized carbons (Fsp3) is 0.167. The van der Waals surface area contributed by atoms with E-state index in [-0.39, 0.29) is 17.0 Å². The number of nitrogens with one attached hydrogen (secondary N) is 1. The van der Waals surface area contributed by atoms with Gasteiger partial charge in [-0.05, 0) is 42.8 Å². The van der Waals surface area contributed by atoms with Crippen molar-refractivity contribution < 1.29 is 23.9 Å². The molecule has 0 aliphatic carbocycles. The molecule has 1 aliphatic rings. The lowest BCUT2D eigenvalue weighted by molar-refractivity contribution is 0.0599. The molecule has 0 unspecified atom stereocenters. The monoisotopic (exact) mass is 431 g/mol. The predicted molar refractivity (Wildman–Crippen MR) is 118 cm³/mol. The number of benzene rings is 2. The third-order valence-electron chi connectivity index (χ3n) is 5.18. The average Bonchev–Trinajstić information content (AvgIpc) is 3.10. The van der Waals surface area contributed by atoms with Crippen LogP contribution in [0.2, 0.25) is 0 Å². The van der Waals surface area contributed by atoms with Crippen LogP contribution in [0.15, 0.2) is 60.8 Å². The van der Waals surface area contributed by atoms with Crippen LogP contribution in [0.1, 0.15) is 48.4 Å². The van der Waals surface area contributed by atoms with Crippen molar-refractivity contribution in [1.29, 1.82) is 0 Å². The highest BCUT2D eigenvalue weighted by Crippen LogP contribution is 2.37. The number of aryl methyl sites for hydroxylation is 1. The molecule has 162 valence electrons. The first-order valence-electron chi connectivity index (χ1n) is 9.86. The van der Waals surface area contributed by atoms with Crippen LogP contribution in [0.4, 0.5) is 11.5 Å². The van der Waals surface area contributed by atoms with Crippen LogP contribution in [-0.2, 0) is 9.47 Å². The number of methoxy groups -OCH3 is 2. The van der Waals surface area contributed by atoms with Crippen LogP contribution < -0.4 is 10.2 Å². The Morgan fingerprint density at radius 2 is 1.62 bits per heavy atom. The van der Waals surface area contributed by atoms with Crippen LogP contribution in [-0.4, -0.2) is 37.0 Å². The second-order valence-corrected chi connectivity index (χ2v) is 7.29. The predicted octanol–water partition coefficient (Wildman–Crippen LogP) is 3.73. The Morgan fingerprint density at radius 3 is 2.22 bits per heavy atom. The number of fused-ring (bicyclic) bond motifs is 1. The fourth-order valence-electron chi connectivity index (χ4n) is 3.64. The summed E-state index contributed by atoms with van der Waals surface area (Å²) in [7, 11) is 2.52. The SMILES string of the molecule is COC(=O)c1cc(N[C@H]2c3ccccc3C(=O)N2c2ccc(C)cn2)cc(C(=O)OC)c1. The van der Waals surface area contributed by atoms with Crippen LogP contribution in [0, 0.1) is 6.92 Å². The number of esters is 2. The van der Waals surface area contributed by atoms with Crippen LogP contribution >= 0.6 is 0 Å². The summed E-state index contributed by atoms with van der Waals surface area (Å²) < 4.78 is 9.62. The summed E-state index contributed by atoms with van der Waals surface area (Å²) in [5.74, 6) is -0.920. The molecular formula is C24H21N3O5. The summed E-state index contributed by atoms with van der Waals surface area (Å²) in [5, 5.41) is 3.28. The molecular weight excluding hydrogens is 410 g/mol. The van der Waals surface area contributed by atoms with E-state index in [4.69, 9.17) is 9.47 Å². The summed E-state index contributed by atoms with van der Waals surface area (Å²) in [5.41, 5.74) is 3.06. The van der Waals surface area contributed by atoms with Gasteiger partial charge in [-0.25, -0.2) is 14.6 Å². The van der Waals surface area contributed by atoms with Gasteiger partial charge < -0.3 is 14.8 Å². The van der Waals surface area contributed by atoms with E-state index >= 15 is 0 Å². The minimum absolute atomic E-state index is 0.176. The lowest BCUT2D eigenvalue weighted by Gasteiger charge is -2.26. The van der Waals surface area contributed by atoms with Crippen molar-refractivity contribution in [3.8, 4) is 0 Å². The summed E-state index contributed by atoms with van der Waals surface area (Å²) in [4.78, 5) is 43.5. The molecule has 0 spiro atoms. The first-order valence-corrected chi connectivity index (χ1v) is 9.86. The minimum Gasteiger partial charge on any atom is -0.465 e. The fourth-order valence-corrected chi connectivity index (χ4v) is 3.64. The highest BCUT2D eigenvalue weighted by atomic mass is 16.5. The quantitative estimate of drug-likeness (QED) is 0.615. The first-order chi connectivity index (χ1) is 15.4. The van der Waals surface area contributed by atoms with Gasteiger partial charge >= 0.3 is 11.9 Å². The maximum Gasteiger partial charge on any atom is 0.337 e. The Balaban J connectivity index is 1.80. The molecule has 0 radical (unpaired) electrons. The topological polar surface area (TPSA) is 97.8 Å². The standard InChI is InChI=1S/C24H21N3O5/c1-14-8-9-20(25-13-14)27-21(18-6-4-5-7-19(18)22(27)28)26-17-11-15(23(29)31-2)10-16(12-17)24(30)32-3/h4-13,21,26H,1-3H3/t21-/m1/s1. The summed E-state index contributed by atoms with van der Waals surface area (Å²) in [6.07, 6.45) is 1.09. The molecule has 4 rings (SSSR count). The number of rotatable bonds is 5.